The molecule has 138 valence electrons. The number of hydrogen-bond acceptors (Lipinski definition) is 4. The Morgan fingerprint density at radius 3 is 2.58 bits per heavy atom. The Bertz CT molecular complexity index is 513. The molecule has 5 nitrogen and oxygen atoms in total. The number of unbranched alkanes of at least 4 members (excludes halogenated alkanes) is 1. The van der Waals surface area contributed by atoms with Crippen LogP contribution in [0.1, 0.15) is 44.0 Å². The summed E-state index contributed by atoms with van der Waals surface area (Å²) in [5.74, 6) is 0.820. The van der Waals surface area contributed by atoms with Gasteiger partial charge < -0.3 is 20.1 Å². The molecule has 1 rings (SSSR count). The summed E-state index contributed by atoms with van der Waals surface area (Å²) in [5.41, 5.74) is 0.463. The van der Waals surface area contributed by atoms with Gasteiger partial charge >= 0.3 is 0 Å². The number of ether oxygens (including phenoxy) is 2. The van der Waals surface area contributed by atoms with Crippen LogP contribution in [0.2, 0.25) is 5.02 Å². The van der Waals surface area contributed by atoms with Crippen molar-refractivity contribution in [1.82, 2.24) is 10.6 Å². The van der Waals surface area contributed by atoms with Crippen LogP contribution in [0.15, 0.2) is 12.1 Å². The first kappa shape index (κ1) is 22.8. The molecule has 0 spiro atoms. The molecule has 0 saturated heterocycles. The molecule has 0 fully saturated rings. The Labute approximate surface area is 155 Å². The van der Waals surface area contributed by atoms with Gasteiger partial charge in [-0.2, -0.15) is 0 Å². The maximum absolute atomic E-state index is 12.3. The minimum atomic E-state index is -0.185. The summed E-state index contributed by atoms with van der Waals surface area (Å²) < 4.78 is 11.3. The van der Waals surface area contributed by atoms with Gasteiger partial charge in [-0.3, -0.25) is 4.79 Å². The van der Waals surface area contributed by atoms with E-state index in [1.165, 1.54) is 0 Å². The highest BCUT2D eigenvalue weighted by Gasteiger charge is 2.16. The first-order valence-electron chi connectivity index (χ1n) is 8.08. The number of carbonyl (C=O) groups excluding carboxylic acids is 1. The van der Waals surface area contributed by atoms with Crippen molar-refractivity contribution in [3.63, 3.8) is 0 Å². The van der Waals surface area contributed by atoms with Crippen molar-refractivity contribution < 1.29 is 14.3 Å². The lowest BCUT2D eigenvalue weighted by Gasteiger charge is -2.16. The van der Waals surface area contributed by atoms with Crippen LogP contribution in [-0.4, -0.2) is 38.8 Å². The molecule has 0 aliphatic carbocycles. The molecule has 2 N–H and O–H groups in total. The first-order chi connectivity index (χ1) is 11.0. The van der Waals surface area contributed by atoms with Gasteiger partial charge in [0.15, 0.2) is 11.5 Å². The van der Waals surface area contributed by atoms with Gasteiger partial charge in [0.2, 0.25) is 0 Å². The molecule has 1 unspecified atom stereocenters. The molecular formula is C17H28Cl2N2O3. The zero-order chi connectivity index (χ0) is 17.2. The smallest absolute Gasteiger partial charge is 0.251 e. The van der Waals surface area contributed by atoms with E-state index < -0.39 is 0 Å². The Morgan fingerprint density at radius 2 is 2.00 bits per heavy atom. The summed E-state index contributed by atoms with van der Waals surface area (Å²) in [6, 6.07) is 3.48. The normalized spacial score (nSPS) is 11.4. The van der Waals surface area contributed by atoms with Crippen molar-refractivity contribution in [2.75, 3.05) is 26.8 Å². The molecule has 0 bridgehead atoms. The van der Waals surface area contributed by atoms with E-state index >= 15 is 0 Å². The number of likely N-dealkylation sites (N-methyl/N-ethyl adjacent to an activating group) is 1. The fourth-order valence-corrected chi connectivity index (χ4v) is 2.14. The molecule has 0 aromatic heterocycles. The Kier molecular flexibility index (Phi) is 11.6. The molecule has 24 heavy (non-hydrogen) atoms. The highest BCUT2D eigenvalue weighted by atomic mass is 35.5. The molecule has 1 amide bonds. The van der Waals surface area contributed by atoms with E-state index in [-0.39, 0.29) is 24.4 Å². The van der Waals surface area contributed by atoms with Gasteiger partial charge in [0.05, 0.1) is 18.2 Å². The average molecular weight is 379 g/mol. The average Bonchev–Trinajstić information content (AvgIpc) is 2.54. The highest BCUT2D eigenvalue weighted by Crippen LogP contribution is 2.36. The first-order valence-corrected chi connectivity index (χ1v) is 8.45. The van der Waals surface area contributed by atoms with E-state index in [1.807, 2.05) is 20.9 Å². The predicted molar refractivity (Wildman–Crippen MR) is 101 cm³/mol. The molecular weight excluding hydrogens is 351 g/mol. The van der Waals surface area contributed by atoms with Crippen LogP contribution in [0.25, 0.3) is 0 Å². The van der Waals surface area contributed by atoms with Crippen molar-refractivity contribution >= 4 is 29.9 Å². The van der Waals surface area contributed by atoms with Gasteiger partial charge in [-0.05, 0) is 39.4 Å². The predicted octanol–water partition coefficient (Wildman–Crippen LogP) is 3.68. The standard InChI is InChI=1S/C17H27ClN2O3.ClH/c1-5-7-8-23-16-14(18)9-13(10-15(16)22-6-2)17(21)20-11-12(3)19-4;/h9-10,12,19H,5-8,11H2,1-4H3,(H,20,21);1H. The van der Waals surface area contributed by atoms with E-state index in [2.05, 4.69) is 17.6 Å². The second kappa shape index (κ2) is 12.2. The van der Waals surface area contributed by atoms with Crippen LogP contribution in [0.3, 0.4) is 0 Å². The number of benzene rings is 1. The monoisotopic (exact) mass is 378 g/mol. The number of halogens is 2. The quantitative estimate of drug-likeness (QED) is 0.609. The van der Waals surface area contributed by atoms with E-state index in [9.17, 15) is 4.79 Å². The summed E-state index contributed by atoms with van der Waals surface area (Å²) in [4.78, 5) is 12.3. The van der Waals surface area contributed by atoms with E-state index in [4.69, 9.17) is 21.1 Å². The highest BCUT2D eigenvalue weighted by molar-refractivity contribution is 6.32. The molecule has 0 aliphatic heterocycles. The number of rotatable bonds is 10. The lowest BCUT2D eigenvalue weighted by atomic mass is 10.1. The van der Waals surface area contributed by atoms with Crippen LogP contribution in [0.5, 0.6) is 11.5 Å². The summed E-state index contributed by atoms with van der Waals surface area (Å²) in [5, 5.41) is 6.32. The minimum absolute atomic E-state index is 0. The van der Waals surface area contributed by atoms with Crippen LogP contribution in [0, 0.1) is 0 Å². The molecule has 0 saturated carbocycles. The topological polar surface area (TPSA) is 59.6 Å². The molecule has 7 heteroatoms. The zero-order valence-corrected chi connectivity index (χ0v) is 16.4. The van der Waals surface area contributed by atoms with Crippen molar-refractivity contribution in [2.45, 2.75) is 39.7 Å². The number of nitrogens with one attached hydrogen (secondary N) is 2. The van der Waals surface area contributed by atoms with E-state index in [0.29, 0.717) is 41.8 Å². The van der Waals surface area contributed by atoms with Crippen molar-refractivity contribution in [3.8, 4) is 11.5 Å². The molecule has 0 aliphatic rings. The largest absolute Gasteiger partial charge is 0.490 e. The maximum Gasteiger partial charge on any atom is 0.251 e. The fourth-order valence-electron chi connectivity index (χ4n) is 1.87. The molecule has 0 heterocycles. The van der Waals surface area contributed by atoms with Gasteiger partial charge in [-0.1, -0.05) is 24.9 Å². The van der Waals surface area contributed by atoms with Crippen LogP contribution < -0.4 is 20.1 Å². The van der Waals surface area contributed by atoms with Gasteiger partial charge in [0.25, 0.3) is 5.91 Å². The Hall–Kier alpha value is -1.17. The van der Waals surface area contributed by atoms with Crippen molar-refractivity contribution in [1.29, 1.82) is 0 Å². The molecule has 1 aromatic rings. The SMILES string of the molecule is CCCCOc1c(Cl)cc(C(=O)NCC(C)NC)cc1OCC.Cl. The summed E-state index contributed by atoms with van der Waals surface area (Å²) in [6.45, 7) is 7.54. The van der Waals surface area contributed by atoms with Crippen LogP contribution in [0.4, 0.5) is 0 Å². The second-order valence-corrected chi connectivity index (χ2v) is 5.73. The summed E-state index contributed by atoms with van der Waals surface area (Å²) in [7, 11) is 1.85. The van der Waals surface area contributed by atoms with Gasteiger partial charge in [-0.15, -0.1) is 12.4 Å². The molecule has 0 radical (unpaired) electrons. The van der Waals surface area contributed by atoms with Gasteiger partial charge in [0, 0.05) is 18.2 Å². The third-order valence-corrected chi connectivity index (χ3v) is 3.66. The van der Waals surface area contributed by atoms with Crippen LogP contribution >= 0.6 is 24.0 Å². The summed E-state index contributed by atoms with van der Waals surface area (Å²) in [6.07, 6.45) is 1.97. The maximum atomic E-state index is 12.3. The Morgan fingerprint density at radius 1 is 1.29 bits per heavy atom. The van der Waals surface area contributed by atoms with Crippen molar-refractivity contribution in [2.24, 2.45) is 0 Å². The van der Waals surface area contributed by atoms with E-state index in [0.717, 1.165) is 12.8 Å². The fraction of sp³-hybridized carbons (Fsp3) is 0.588. The minimum Gasteiger partial charge on any atom is -0.490 e. The lowest BCUT2D eigenvalue weighted by Crippen LogP contribution is -2.37. The number of hydrogen-bond donors (Lipinski definition) is 2. The third kappa shape index (κ3) is 7.16. The second-order valence-electron chi connectivity index (χ2n) is 5.32. The Balaban J connectivity index is 0.00000529. The van der Waals surface area contributed by atoms with E-state index in [1.54, 1.807) is 12.1 Å². The number of amides is 1. The number of carbonyl (C=O) groups is 1. The molecule has 1 atom stereocenters. The zero-order valence-electron chi connectivity index (χ0n) is 14.8. The third-order valence-electron chi connectivity index (χ3n) is 3.38. The summed E-state index contributed by atoms with van der Waals surface area (Å²) >= 11 is 6.29. The molecule has 1 aromatic carbocycles. The van der Waals surface area contributed by atoms with Gasteiger partial charge in [0.1, 0.15) is 0 Å². The lowest BCUT2D eigenvalue weighted by molar-refractivity contribution is 0.0950. The van der Waals surface area contributed by atoms with Gasteiger partial charge in [-0.25, -0.2) is 0 Å². The van der Waals surface area contributed by atoms with Crippen LogP contribution in [-0.2, 0) is 0 Å². The van der Waals surface area contributed by atoms with Crippen molar-refractivity contribution in [3.05, 3.63) is 22.7 Å².